The minimum Gasteiger partial charge on any atom is -0.378 e. The maximum atomic E-state index is 12.4. The van der Waals surface area contributed by atoms with Gasteiger partial charge in [-0.25, -0.2) is 0 Å². The monoisotopic (exact) mass is 240 g/mol. The molecule has 17 heavy (non-hydrogen) atoms. The molecule has 1 aliphatic carbocycles. The predicted octanol–water partition coefficient (Wildman–Crippen LogP) is -0.245. The molecule has 0 radical (unpaired) electrons. The number of hydrogen-bond acceptors (Lipinski definition) is 4. The van der Waals surface area contributed by atoms with Crippen LogP contribution in [0.3, 0.4) is 0 Å². The fraction of sp³-hybridized carbons (Fsp3) is 0.917. The molecule has 1 saturated carbocycles. The highest BCUT2D eigenvalue weighted by Crippen LogP contribution is 2.30. The number of nitrogens with zero attached hydrogens (tertiary/aromatic N) is 1. The molecular weight excluding hydrogens is 220 g/mol. The fourth-order valence-electron chi connectivity index (χ4n) is 3.12. The van der Waals surface area contributed by atoms with E-state index in [1.807, 2.05) is 4.90 Å². The number of carbonyl (C=O) groups is 1. The molecule has 2 saturated heterocycles. The van der Waals surface area contributed by atoms with Crippen LogP contribution in [0.1, 0.15) is 19.3 Å². The molecule has 0 aromatic heterocycles. The molecule has 2 heterocycles. The van der Waals surface area contributed by atoms with Gasteiger partial charge in [0.15, 0.2) is 0 Å². The van der Waals surface area contributed by atoms with Crippen LogP contribution in [-0.2, 0) is 14.3 Å². The quantitative estimate of drug-likeness (QED) is 0.687. The maximum absolute atomic E-state index is 12.4. The molecule has 3 fully saturated rings. The molecule has 0 spiro atoms. The molecule has 2 aliphatic heterocycles. The third-order valence-corrected chi connectivity index (χ3v) is 3.98. The summed E-state index contributed by atoms with van der Waals surface area (Å²) in [6.07, 6.45) is 3.64. The van der Waals surface area contributed by atoms with Crippen molar-refractivity contribution in [2.24, 2.45) is 0 Å². The van der Waals surface area contributed by atoms with Crippen LogP contribution in [0, 0.1) is 0 Å². The summed E-state index contributed by atoms with van der Waals surface area (Å²) >= 11 is 0. The number of hydrogen-bond donors (Lipinski definition) is 1. The summed E-state index contributed by atoms with van der Waals surface area (Å²) in [5.41, 5.74) is 0. The van der Waals surface area contributed by atoms with Crippen LogP contribution in [0.5, 0.6) is 0 Å². The number of carbonyl (C=O) groups excluding carboxylic acids is 1. The second kappa shape index (κ2) is 4.92. The third kappa shape index (κ3) is 2.19. The van der Waals surface area contributed by atoms with Crippen molar-refractivity contribution in [1.29, 1.82) is 0 Å². The first-order chi connectivity index (χ1) is 8.36. The van der Waals surface area contributed by atoms with E-state index in [-0.39, 0.29) is 18.1 Å². The van der Waals surface area contributed by atoms with Crippen LogP contribution >= 0.6 is 0 Å². The molecule has 0 aromatic rings. The van der Waals surface area contributed by atoms with E-state index >= 15 is 0 Å². The Kier molecular flexibility index (Phi) is 3.31. The van der Waals surface area contributed by atoms with Crippen LogP contribution in [0.15, 0.2) is 0 Å². The van der Waals surface area contributed by atoms with Crippen molar-refractivity contribution < 1.29 is 14.3 Å². The summed E-state index contributed by atoms with van der Waals surface area (Å²) in [5.74, 6) is 0.199. The first-order valence-corrected chi connectivity index (χ1v) is 6.59. The van der Waals surface area contributed by atoms with E-state index in [4.69, 9.17) is 9.47 Å². The second-order valence-electron chi connectivity index (χ2n) is 5.02. The highest BCUT2D eigenvalue weighted by Gasteiger charge is 2.40. The van der Waals surface area contributed by atoms with Crippen molar-refractivity contribution in [3.63, 3.8) is 0 Å². The SMILES string of the molecule is O=C(C1COCCN1)N1CCOC2CCCC21. The van der Waals surface area contributed by atoms with Crippen molar-refractivity contribution in [2.75, 3.05) is 32.9 Å². The minimum atomic E-state index is -0.150. The lowest BCUT2D eigenvalue weighted by molar-refractivity contribution is -0.149. The van der Waals surface area contributed by atoms with E-state index in [0.717, 1.165) is 25.9 Å². The van der Waals surface area contributed by atoms with Crippen molar-refractivity contribution in [3.05, 3.63) is 0 Å². The zero-order valence-corrected chi connectivity index (χ0v) is 10.1. The van der Waals surface area contributed by atoms with E-state index < -0.39 is 0 Å². The zero-order chi connectivity index (χ0) is 11.7. The Hall–Kier alpha value is -0.650. The summed E-state index contributed by atoms with van der Waals surface area (Å²) < 4.78 is 11.1. The van der Waals surface area contributed by atoms with Crippen LogP contribution in [0.25, 0.3) is 0 Å². The van der Waals surface area contributed by atoms with Gasteiger partial charge in [0.1, 0.15) is 6.04 Å². The Morgan fingerprint density at radius 2 is 2.24 bits per heavy atom. The lowest BCUT2D eigenvalue weighted by atomic mass is 10.1. The fourth-order valence-corrected chi connectivity index (χ4v) is 3.12. The average Bonchev–Trinajstić information content (AvgIpc) is 2.87. The van der Waals surface area contributed by atoms with Gasteiger partial charge in [-0.2, -0.15) is 0 Å². The first-order valence-electron chi connectivity index (χ1n) is 6.59. The molecule has 3 unspecified atom stereocenters. The molecule has 3 atom stereocenters. The van der Waals surface area contributed by atoms with Crippen molar-refractivity contribution in [2.45, 2.75) is 37.5 Å². The normalized spacial score (nSPS) is 37.9. The molecule has 1 amide bonds. The smallest absolute Gasteiger partial charge is 0.242 e. The number of nitrogens with one attached hydrogen (secondary N) is 1. The van der Waals surface area contributed by atoms with Crippen molar-refractivity contribution in [1.82, 2.24) is 10.2 Å². The van der Waals surface area contributed by atoms with E-state index in [0.29, 0.717) is 25.9 Å². The molecule has 5 heteroatoms. The van der Waals surface area contributed by atoms with E-state index in [9.17, 15) is 4.79 Å². The maximum Gasteiger partial charge on any atom is 0.242 e. The highest BCUT2D eigenvalue weighted by molar-refractivity contribution is 5.82. The Balaban J connectivity index is 1.67. The van der Waals surface area contributed by atoms with Gasteiger partial charge in [-0.1, -0.05) is 0 Å². The average molecular weight is 240 g/mol. The summed E-state index contributed by atoms with van der Waals surface area (Å²) in [5, 5.41) is 3.24. The lowest BCUT2D eigenvalue weighted by Crippen LogP contribution is -2.59. The van der Waals surface area contributed by atoms with Crippen molar-refractivity contribution in [3.8, 4) is 0 Å². The van der Waals surface area contributed by atoms with Crippen LogP contribution in [0.4, 0.5) is 0 Å². The molecule has 3 rings (SSSR count). The Bertz CT molecular complexity index is 291. The zero-order valence-electron chi connectivity index (χ0n) is 10.1. The van der Waals surface area contributed by atoms with Crippen LogP contribution in [-0.4, -0.2) is 61.9 Å². The second-order valence-corrected chi connectivity index (χ2v) is 5.02. The van der Waals surface area contributed by atoms with Crippen LogP contribution < -0.4 is 5.32 Å². The Morgan fingerprint density at radius 3 is 3.06 bits per heavy atom. The largest absolute Gasteiger partial charge is 0.378 e. The molecule has 0 bridgehead atoms. The van der Waals surface area contributed by atoms with E-state index in [1.54, 1.807) is 0 Å². The van der Waals surface area contributed by atoms with Gasteiger partial charge in [0.25, 0.3) is 0 Å². The summed E-state index contributed by atoms with van der Waals surface area (Å²) in [4.78, 5) is 14.4. The summed E-state index contributed by atoms with van der Waals surface area (Å²) in [6.45, 7) is 3.40. The summed E-state index contributed by atoms with van der Waals surface area (Å²) in [7, 11) is 0. The lowest BCUT2D eigenvalue weighted by Gasteiger charge is -2.40. The molecule has 3 aliphatic rings. The van der Waals surface area contributed by atoms with Gasteiger partial charge in [-0.3, -0.25) is 4.79 Å². The Morgan fingerprint density at radius 1 is 1.29 bits per heavy atom. The molecule has 1 N–H and O–H groups in total. The topological polar surface area (TPSA) is 50.8 Å². The molecule has 0 aromatic carbocycles. The van der Waals surface area contributed by atoms with Gasteiger partial charge >= 0.3 is 0 Å². The van der Waals surface area contributed by atoms with Gasteiger partial charge in [-0.15, -0.1) is 0 Å². The van der Waals surface area contributed by atoms with Crippen molar-refractivity contribution >= 4 is 5.91 Å². The van der Waals surface area contributed by atoms with E-state index in [2.05, 4.69) is 5.32 Å². The van der Waals surface area contributed by atoms with E-state index in [1.165, 1.54) is 6.42 Å². The first kappa shape index (κ1) is 11.4. The molecule has 5 nitrogen and oxygen atoms in total. The van der Waals surface area contributed by atoms with Crippen LogP contribution in [0.2, 0.25) is 0 Å². The predicted molar refractivity (Wildman–Crippen MR) is 61.7 cm³/mol. The minimum absolute atomic E-state index is 0.150. The van der Waals surface area contributed by atoms with Gasteiger partial charge in [0, 0.05) is 13.1 Å². The number of ether oxygens (including phenoxy) is 2. The molecule has 96 valence electrons. The number of morpholine rings is 2. The number of rotatable bonds is 1. The molecular formula is C12H20N2O3. The third-order valence-electron chi connectivity index (χ3n) is 3.98. The Labute approximate surface area is 101 Å². The number of amides is 1. The van der Waals surface area contributed by atoms with Gasteiger partial charge in [-0.05, 0) is 19.3 Å². The highest BCUT2D eigenvalue weighted by atomic mass is 16.5. The standard InChI is InChI=1S/C12H20N2O3/c15-12(9-8-16-6-4-13-9)14-5-7-17-11-3-1-2-10(11)14/h9-11,13H,1-8H2. The van der Waals surface area contributed by atoms with Gasteiger partial charge in [0.2, 0.25) is 5.91 Å². The summed E-state index contributed by atoms with van der Waals surface area (Å²) in [6, 6.07) is 0.156. The van der Waals surface area contributed by atoms with Gasteiger partial charge < -0.3 is 19.7 Å². The van der Waals surface area contributed by atoms with Gasteiger partial charge in [0.05, 0.1) is 32.0 Å². The number of fused-ring (bicyclic) bond motifs is 1.